The molecule has 138 valence electrons. The van der Waals surface area contributed by atoms with Gasteiger partial charge in [0.2, 0.25) is 0 Å². The molecule has 0 heterocycles. The second-order valence-electron chi connectivity index (χ2n) is 5.48. The summed E-state index contributed by atoms with van der Waals surface area (Å²) < 4.78 is 43.5. The van der Waals surface area contributed by atoms with Gasteiger partial charge >= 0.3 is 18.2 Å². The molecule has 0 aliphatic rings. The number of rotatable bonds is 6. The van der Waals surface area contributed by atoms with Crippen LogP contribution in [0.25, 0.3) is 0 Å². The first-order valence-corrected chi connectivity index (χ1v) is 7.62. The molecule has 2 rings (SSSR count). The van der Waals surface area contributed by atoms with E-state index in [1.807, 2.05) is 0 Å². The Labute approximate surface area is 147 Å². The highest BCUT2D eigenvalue weighted by Crippen LogP contribution is 2.31. The standard InChI is InChI=1S/C18H16F3NO4/c19-18(20,21)14-8-4-7-13(9-14)15(10-16(23)24)22-17(25)26-11-12-5-2-1-3-6-12/h1-9,15H,10-11H2,(H,22,25)(H,23,24). The molecule has 1 amide bonds. The SMILES string of the molecule is O=C(O)CC(NC(=O)OCc1ccccc1)c1cccc(C(F)(F)F)c1. The minimum Gasteiger partial charge on any atom is -0.481 e. The van der Waals surface area contributed by atoms with Crippen LogP contribution in [0.2, 0.25) is 0 Å². The number of carbonyl (C=O) groups is 2. The first-order chi connectivity index (χ1) is 12.3. The summed E-state index contributed by atoms with van der Waals surface area (Å²) in [7, 11) is 0. The average Bonchev–Trinajstić information content (AvgIpc) is 2.59. The number of hydrogen-bond acceptors (Lipinski definition) is 3. The number of alkyl halides is 3. The highest BCUT2D eigenvalue weighted by atomic mass is 19.4. The maximum atomic E-state index is 12.8. The maximum absolute atomic E-state index is 12.8. The highest BCUT2D eigenvalue weighted by Gasteiger charge is 2.31. The topological polar surface area (TPSA) is 75.6 Å². The van der Waals surface area contributed by atoms with Crippen LogP contribution in [0.15, 0.2) is 54.6 Å². The van der Waals surface area contributed by atoms with Crippen LogP contribution in [-0.4, -0.2) is 17.2 Å². The van der Waals surface area contributed by atoms with E-state index in [9.17, 15) is 22.8 Å². The summed E-state index contributed by atoms with van der Waals surface area (Å²) in [4.78, 5) is 22.9. The van der Waals surface area contributed by atoms with Crippen molar-refractivity contribution in [1.29, 1.82) is 0 Å². The zero-order valence-corrected chi connectivity index (χ0v) is 13.5. The Bertz CT molecular complexity index is 763. The molecular weight excluding hydrogens is 351 g/mol. The molecule has 2 aromatic rings. The molecule has 0 bridgehead atoms. The second kappa shape index (κ2) is 8.37. The van der Waals surface area contributed by atoms with Crippen LogP contribution < -0.4 is 5.32 Å². The van der Waals surface area contributed by atoms with Crippen molar-refractivity contribution in [3.05, 3.63) is 71.3 Å². The first kappa shape index (κ1) is 19.3. The van der Waals surface area contributed by atoms with E-state index in [-0.39, 0.29) is 12.2 Å². The molecule has 8 heteroatoms. The van der Waals surface area contributed by atoms with Crippen LogP contribution in [0.5, 0.6) is 0 Å². The lowest BCUT2D eigenvalue weighted by Gasteiger charge is -2.18. The van der Waals surface area contributed by atoms with Crippen molar-refractivity contribution in [2.75, 3.05) is 0 Å². The van der Waals surface area contributed by atoms with Gasteiger partial charge in [-0.1, -0.05) is 42.5 Å². The van der Waals surface area contributed by atoms with Crippen molar-refractivity contribution in [3.63, 3.8) is 0 Å². The minimum atomic E-state index is -4.57. The number of carbonyl (C=O) groups excluding carboxylic acids is 1. The van der Waals surface area contributed by atoms with Gasteiger partial charge in [-0.15, -0.1) is 0 Å². The fourth-order valence-corrected chi connectivity index (χ4v) is 2.27. The van der Waals surface area contributed by atoms with Crippen molar-refractivity contribution in [2.45, 2.75) is 25.2 Å². The number of alkyl carbamates (subject to hydrolysis) is 1. The molecule has 2 aromatic carbocycles. The number of nitrogens with one attached hydrogen (secondary N) is 1. The molecule has 0 aromatic heterocycles. The van der Waals surface area contributed by atoms with Crippen molar-refractivity contribution in [1.82, 2.24) is 5.32 Å². The summed E-state index contributed by atoms with van der Waals surface area (Å²) in [6.45, 7) is -0.0466. The third-order valence-electron chi connectivity index (χ3n) is 3.50. The monoisotopic (exact) mass is 367 g/mol. The van der Waals surface area contributed by atoms with E-state index in [1.165, 1.54) is 6.07 Å². The second-order valence-corrected chi connectivity index (χ2v) is 5.48. The Balaban J connectivity index is 2.09. The molecule has 0 aliphatic heterocycles. The molecule has 0 fully saturated rings. The minimum absolute atomic E-state index is 0.0267. The van der Waals surface area contributed by atoms with Gasteiger partial charge in [-0.3, -0.25) is 4.79 Å². The number of hydrogen-bond donors (Lipinski definition) is 2. The molecule has 2 N–H and O–H groups in total. The van der Waals surface area contributed by atoms with E-state index in [0.717, 1.165) is 23.8 Å². The fourth-order valence-electron chi connectivity index (χ4n) is 2.27. The van der Waals surface area contributed by atoms with Crippen molar-refractivity contribution in [3.8, 4) is 0 Å². The summed E-state index contributed by atoms with van der Waals surface area (Å²) in [6, 6.07) is 11.8. The number of carboxylic acid groups (broad SMARTS) is 1. The van der Waals surface area contributed by atoms with Crippen molar-refractivity contribution >= 4 is 12.1 Å². The summed E-state index contributed by atoms with van der Waals surface area (Å²) in [5.41, 5.74) is -0.180. The Morgan fingerprint density at radius 3 is 2.38 bits per heavy atom. The van der Waals surface area contributed by atoms with E-state index in [1.54, 1.807) is 30.3 Å². The lowest BCUT2D eigenvalue weighted by atomic mass is 10.0. The van der Waals surface area contributed by atoms with E-state index < -0.39 is 36.3 Å². The van der Waals surface area contributed by atoms with Crippen molar-refractivity contribution in [2.24, 2.45) is 0 Å². The summed E-state index contributed by atoms with van der Waals surface area (Å²) in [5, 5.41) is 11.3. The van der Waals surface area contributed by atoms with E-state index in [4.69, 9.17) is 9.84 Å². The first-order valence-electron chi connectivity index (χ1n) is 7.62. The third kappa shape index (κ3) is 5.80. The zero-order chi connectivity index (χ0) is 19.2. The number of halogens is 3. The van der Waals surface area contributed by atoms with Crippen LogP contribution in [0.3, 0.4) is 0 Å². The van der Waals surface area contributed by atoms with Crippen LogP contribution in [0.1, 0.15) is 29.2 Å². The van der Waals surface area contributed by atoms with Gasteiger partial charge < -0.3 is 15.2 Å². The summed E-state index contributed by atoms with van der Waals surface area (Å²) in [6.07, 6.45) is -6.07. The molecule has 26 heavy (non-hydrogen) atoms. The zero-order valence-electron chi connectivity index (χ0n) is 13.5. The number of carboxylic acids is 1. The van der Waals surface area contributed by atoms with Crippen LogP contribution in [0, 0.1) is 0 Å². The predicted molar refractivity (Wildman–Crippen MR) is 86.2 cm³/mol. The summed E-state index contributed by atoms with van der Waals surface area (Å²) in [5.74, 6) is -1.27. The fraction of sp³-hybridized carbons (Fsp3) is 0.222. The summed E-state index contributed by atoms with van der Waals surface area (Å²) >= 11 is 0. The van der Waals surface area contributed by atoms with Gasteiger partial charge in [-0.2, -0.15) is 13.2 Å². The van der Waals surface area contributed by atoms with Gasteiger partial charge in [0.15, 0.2) is 0 Å². The molecule has 0 aliphatic carbocycles. The third-order valence-corrected chi connectivity index (χ3v) is 3.50. The normalized spacial score (nSPS) is 12.3. The molecule has 0 saturated carbocycles. The average molecular weight is 367 g/mol. The van der Waals surface area contributed by atoms with E-state index in [2.05, 4.69) is 5.32 Å². The number of ether oxygens (including phenoxy) is 1. The molecule has 0 spiro atoms. The number of aliphatic carboxylic acids is 1. The van der Waals surface area contributed by atoms with Crippen LogP contribution in [-0.2, 0) is 22.3 Å². The van der Waals surface area contributed by atoms with Gasteiger partial charge in [-0.05, 0) is 23.3 Å². The van der Waals surface area contributed by atoms with Gasteiger partial charge in [0.05, 0.1) is 18.0 Å². The molecule has 1 atom stereocenters. The number of amides is 1. The smallest absolute Gasteiger partial charge is 0.416 e. The lowest BCUT2D eigenvalue weighted by molar-refractivity contribution is -0.138. The van der Waals surface area contributed by atoms with Gasteiger partial charge in [-0.25, -0.2) is 4.79 Å². The largest absolute Gasteiger partial charge is 0.481 e. The van der Waals surface area contributed by atoms with Gasteiger partial charge in [0, 0.05) is 0 Å². The number of benzene rings is 2. The predicted octanol–water partition coefficient (Wildman–Crippen LogP) is 4.15. The van der Waals surface area contributed by atoms with Crippen LogP contribution in [0.4, 0.5) is 18.0 Å². The Hall–Kier alpha value is -3.03. The van der Waals surface area contributed by atoms with E-state index >= 15 is 0 Å². The molecule has 5 nitrogen and oxygen atoms in total. The van der Waals surface area contributed by atoms with Crippen LogP contribution >= 0.6 is 0 Å². The van der Waals surface area contributed by atoms with Gasteiger partial charge in [0.25, 0.3) is 0 Å². The quantitative estimate of drug-likeness (QED) is 0.804. The van der Waals surface area contributed by atoms with Crippen molar-refractivity contribution < 1.29 is 32.6 Å². The molecule has 0 saturated heterocycles. The Morgan fingerprint density at radius 2 is 1.77 bits per heavy atom. The molecular formula is C18H16F3NO4. The molecule has 0 radical (unpaired) electrons. The lowest BCUT2D eigenvalue weighted by Crippen LogP contribution is -2.30. The maximum Gasteiger partial charge on any atom is 0.416 e. The Morgan fingerprint density at radius 1 is 1.08 bits per heavy atom. The van der Waals surface area contributed by atoms with Gasteiger partial charge in [0.1, 0.15) is 6.61 Å². The highest BCUT2D eigenvalue weighted by molar-refractivity contribution is 5.72. The Kier molecular flexibility index (Phi) is 6.21. The van der Waals surface area contributed by atoms with E-state index in [0.29, 0.717) is 0 Å². The molecule has 1 unspecified atom stereocenters.